The van der Waals surface area contributed by atoms with Gasteiger partial charge in [-0.1, -0.05) is 66.2 Å². The zero-order chi connectivity index (χ0) is 19.7. The summed E-state index contributed by atoms with van der Waals surface area (Å²) in [6.07, 6.45) is 2.09. The number of aliphatic carboxylic acids is 1. The number of hydrogen-bond donors (Lipinski definition) is 1. The molecule has 0 aromatic heterocycles. The Bertz CT molecular complexity index is 1050. The molecule has 3 nitrogen and oxygen atoms in total. The Morgan fingerprint density at radius 2 is 1.79 bits per heavy atom. The Morgan fingerprint density at radius 3 is 2.46 bits per heavy atom. The molecule has 1 N–H and O–H groups in total. The second-order valence-electron chi connectivity index (χ2n) is 6.81. The van der Waals surface area contributed by atoms with Gasteiger partial charge in [-0.3, -0.25) is 4.79 Å². The van der Waals surface area contributed by atoms with Gasteiger partial charge in [-0.15, -0.1) is 0 Å². The minimum atomic E-state index is -0.872. The fourth-order valence-electron chi connectivity index (χ4n) is 3.93. The van der Waals surface area contributed by atoms with Crippen LogP contribution >= 0.6 is 11.6 Å². The molecule has 3 aromatic rings. The second-order valence-corrected chi connectivity index (χ2v) is 7.24. The molecular formula is C24H19ClO3. The van der Waals surface area contributed by atoms with Crippen molar-refractivity contribution in [2.45, 2.75) is 11.8 Å². The van der Waals surface area contributed by atoms with E-state index in [4.69, 9.17) is 16.3 Å². The van der Waals surface area contributed by atoms with Gasteiger partial charge in [0.1, 0.15) is 5.75 Å². The normalized spacial score (nSPS) is 16.2. The topological polar surface area (TPSA) is 46.5 Å². The Morgan fingerprint density at radius 1 is 1.04 bits per heavy atom. The van der Waals surface area contributed by atoms with Crippen molar-refractivity contribution in [3.8, 4) is 5.75 Å². The maximum absolute atomic E-state index is 12.4. The van der Waals surface area contributed by atoms with Gasteiger partial charge in [0, 0.05) is 10.9 Å². The summed E-state index contributed by atoms with van der Waals surface area (Å²) in [7, 11) is 1.63. The van der Waals surface area contributed by atoms with Crippen LogP contribution in [0.25, 0.3) is 11.6 Å². The number of ether oxygens (including phenoxy) is 1. The minimum Gasteiger partial charge on any atom is -0.497 e. The number of methoxy groups -OCH3 is 1. The van der Waals surface area contributed by atoms with E-state index in [1.165, 1.54) is 0 Å². The van der Waals surface area contributed by atoms with Gasteiger partial charge in [0.2, 0.25) is 0 Å². The number of carboxylic acid groups (broad SMARTS) is 1. The van der Waals surface area contributed by atoms with Crippen molar-refractivity contribution < 1.29 is 14.6 Å². The Hall–Kier alpha value is -3.04. The zero-order valence-electron chi connectivity index (χ0n) is 15.3. The molecule has 0 bridgehead atoms. The van der Waals surface area contributed by atoms with Gasteiger partial charge in [0.25, 0.3) is 0 Å². The standard InChI is InChI=1S/C24H19ClO3/c1-28-19-11-9-15(10-12-19)21-14-16-5-2-3-8-20(16)23(21)22(24(26)27)17-6-4-7-18(25)13-17/h2-14,22-23H,1H3,(H,26,27). The monoisotopic (exact) mass is 390 g/mol. The van der Waals surface area contributed by atoms with Crippen LogP contribution in [-0.4, -0.2) is 18.2 Å². The van der Waals surface area contributed by atoms with Crippen LogP contribution in [0, 0.1) is 0 Å². The molecule has 0 aliphatic heterocycles. The molecule has 140 valence electrons. The van der Waals surface area contributed by atoms with Crippen molar-refractivity contribution in [3.63, 3.8) is 0 Å². The molecule has 0 radical (unpaired) electrons. The van der Waals surface area contributed by atoms with Gasteiger partial charge in [0.15, 0.2) is 0 Å². The fourth-order valence-corrected chi connectivity index (χ4v) is 4.13. The third-order valence-electron chi connectivity index (χ3n) is 5.21. The number of carboxylic acids is 1. The van der Waals surface area contributed by atoms with Crippen molar-refractivity contribution in [2.75, 3.05) is 7.11 Å². The van der Waals surface area contributed by atoms with E-state index >= 15 is 0 Å². The van der Waals surface area contributed by atoms with Gasteiger partial charge >= 0.3 is 5.97 Å². The molecule has 0 fully saturated rings. The van der Waals surface area contributed by atoms with Crippen LogP contribution < -0.4 is 4.74 Å². The van der Waals surface area contributed by atoms with Gasteiger partial charge in [-0.25, -0.2) is 0 Å². The summed E-state index contributed by atoms with van der Waals surface area (Å²) in [5.74, 6) is -1.15. The van der Waals surface area contributed by atoms with Crippen molar-refractivity contribution in [3.05, 3.63) is 100 Å². The molecule has 4 heteroatoms. The highest BCUT2D eigenvalue weighted by atomic mass is 35.5. The van der Waals surface area contributed by atoms with Crippen molar-refractivity contribution >= 4 is 29.2 Å². The predicted octanol–water partition coefficient (Wildman–Crippen LogP) is 5.85. The lowest BCUT2D eigenvalue weighted by atomic mass is 9.77. The number of rotatable bonds is 5. The first kappa shape index (κ1) is 18.3. The van der Waals surface area contributed by atoms with E-state index in [1.807, 2.05) is 54.6 Å². The van der Waals surface area contributed by atoms with E-state index in [1.54, 1.807) is 25.3 Å². The highest BCUT2D eigenvalue weighted by Gasteiger charge is 2.38. The molecule has 28 heavy (non-hydrogen) atoms. The molecule has 1 aliphatic rings. The lowest BCUT2D eigenvalue weighted by Gasteiger charge is -2.25. The number of halogens is 1. The highest BCUT2D eigenvalue weighted by Crippen LogP contribution is 2.50. The fraction of sp³-hybridized carbons (Fsp3) is 0.125. The van der Waals surface area contributed by atoms with Gasteiger partial charge in [-0.05, 0) is 52.1 Å². The lowest BCUT2D eigenvalue weighted by molar-refractivity contribution is -0.139. The van der Waals surface area contributed by atoms with Crippen LogP contribution in [0.3, 0.4) is 0 Å². The van der Waals surface area contributed by atoms with Crippen molar-refractivity contribution in [1.29, 1.82) is 0 Å². The van der Waals surface area contributed by atoms with E-state index in [9.17, 15) is 9.90 Å². The Kier molecular flexibility index (Phi) is 4.93. The zero-order valence-corrected chi connectivity index (χ0v) is 16.1. The molecule has 4 rings (SSSR count). The van der Waals surface area contributed by atoms with Crippen LogP contribution in [0.4, 0.5) is 0 Å². The predicted molar refractivity (Wildman–Crippen MR) is 112 cm³/mol. The largest absolute Gasteiger partial charge is 0.497 e. The third-order valence-corrected chi connectivity index (χ3v) is 5.44. The van der Waals surface area contributed by atoms with Gasteiger partial charge in [0.05, 0.1) is 13.0 Å². The Balaban J connectivity index is 1.86. The molecule has 0 saturated carbocycles. The SMILES string of the molecule is COc1ccc(C2=Cc3ccccc3C2C(C(=O)O)c2cccc(Cl)c2)cc1. The Labute approximate surface area is 168 Å². The van der Waals surface area contributed by atoms with E-state index in [0.29, 0.717) is 10.6 Å². The first-order valence-electron chi connectivity index (χ1n) is 9.01. The van der Waals surface area contributed by atoms with E-state index in [0.717, 1.165) is 28.0 Å². The summed E-state index contributed by atoms with van der Waals surface area (Å²) in [6, 6.07) is 22.8. The van der Waals surface area contributed by atoms with Crippen LogP contribution in [0.1, 0.15) is 34.1 Å². The molecule has 3 aromatic carbocycles. The highest BCUT2D eigenvalue weighted by molar-refractivity contribution is 6.30. The number of fused-ring (bicyclic) bond motifs is 1. The maximum Gasteiger partial charge on any atom is 0.311 e. The first-order chi connectivity index (χ1) is 13.6. The smallest absolute Gasteiger partial charge is 0.311 e. The number of carbonyl (C=O) groups is 1. The molecule has 0 heterocycles. The lowest BCUT2D eigenvalue weighted by Crippen LogP contribution is -2.20. The average Bonchev–Trinajstić information content (AvgIpc) is 3.07. The quantitative estimate of drug-likeness (QED) is 0.594. The van der Waals surface area contributed by atoms with Gasteiger partial charge < -0.3 is 9.84 Å². The molecule has 0 amide bonds. The first-order valence-corrected chi connectivity index (χ1v) is 9.39. The van der Waals surface area contributed by atoms with E-state index in [2.05, 4.69) is 6.08 Å². The molecular weight excluding hydrogens is 372 g/mol. The van der Waals surface area contributed by atoms with E-state index < -0.39 is 11.9 Å². The van der Waals surface area contributed by atoms with Gasteiger partial charge in [-0.2, -0.15) is 0 Å². The van der Waals surface area contributed by atoms with Crippen LogP contribution in [-0.2, 0) is 4.79 Å². The van der Waals surface area contributed by atoms with Crippen LogP contribution in [0.5, 0.6) is 5.75 Å². The summed E-state index contributed by atoms with van der Waals surface area (Å²) < 4.78 is 5.26. The van der Waals surface area contributed by atoms with Crippen LogP contribution in [0.15, 0.2) is 72.8 Å². The number of benzene rings is 3. The maximum atomic E-state index is 12.4. The summed E-state index contributed by atoms with van der Waals surface area (Å²) in [4.78, 5) is 12.4. The summed E-state index contributed by atoms with van der Waals surface area (Å²) >= 11 is 6.17. The molecule has 0 spiro atoms. The summed E-state index contributed by atoms with van der Waals surface area (Å²) in [5.41, 5.74) is 4.72. The van der Waals surface area contributed by atoms with Crippen molar-refractivity contribution in [2.24, 2.45) is 0 Å². The minimum absolute atomic E-state index is 0.305. The second kappa shape index (κ2) is 7.53. The van der Waals surface area contributed by atoms with Crippen LogP contribution in [0.2, 0.25) is 5.02 Å². The molecule has 2 unspecified atom stereocenters. The number of hydrogen-bond acceptors (Lipinski definition) is 2. The molecule has 2 atom stereocenters. The van der Waals surface area contributed by atoms with E-state index in [-0.39, 0.29) is 5.92 Å². The van der Waals surface area contributed by atoms with Crippen molar-refractivity contribution in [1.82, 2.24) is 0 Å². The molecule has 1 aliphatic carbocycles. The third kappa shape index (κ3) is 3.30. The average molecular weight is 391 g/mol. The molecule has 0 saturated heterocycles. The summed E-state index contributed by atoms with van der Waals surface area (Å²) in [6.45, 7) is 0. The summed E-state index contributed by atoms with van der Waals surface area (Å²) in [5, 5.41) is 10.7. The number of allylic oxidation sites excluding steroid dienone is 1.